The minimum Gasteiger partial charge on any atom is -0.505 e. The molecular weight excluding hydrogens is 470 g/mol. The molecule has 35 heavy (non-hydrogen) atoms. The SMILES string of the molecule is CCc1coc([C@H](N(C)C2=NS(=O)(=O)N=C2N(C)c2cccc(C(=O)N(C)C)c2O)C(C)(C)C)c1. The summed E-state index contributed by atoms with van der Waals surface area (Å²) in [6.07, 6.45) is 2.50. The second-order valence-electron chi connectivity index (χ2n) is 9.80. The van der Waals surface area contributed by atoms with Gasteiger partial charge in [0.15, 0.2) is 17.4 Å². The molecule has 1 aliphatic rings. The summed E-state index contributed by atoms with van der Waals surface area (Å²) in [4.78, 5) is 17.0. The summed E-state index contributed by atoms with van der Waals surface area (Å²) in [6.45, 7) is 8.10. The Balaban J connectivity index is 2.08. The van der Waals surface area contributed by atoms with E-state index in [0.29, 0.717) is 5.76 Å². The van der Waals surface area contributed by atoms with Crippen molar-refractivity contribution in [3.05, 3.63) is 47.4 Å². The summed E-state index contributed by atoms with van der Waals surface area (Å²) in [5.74, 6) is 0.127. The van der Waals surface area contributed by atoms with Gasteiger partial charge in [-0.05, 0) is 35.6 Å². The van der Waals surface area contributed by atoms with E-state index in [2.05, 4.69) is 8.80 Å². The molecule has 1 aliphatic heterocycles. The third-order valence-electron chi connectivity index (χ3n) is 5.83. The van der Waals surface area contributed by atoms with Crippen molar-refractivity contribution < 1.29 is 22.7 Å². The van der Waals surface area contributed by atoms with Crippen LogP contribution in [-0.4, -0.2) is 69.1 Å². The van der Waals surface area contributed by atoms with Crippen molar-refractivity contribution in [3.63, 3.8) is 0 Å². The highest BCUT2D eigenvalue weighted by Crippen LogP contribution is 2.40. The fraction of sp³-hybridized carbons (Fsp3) is 0.458. The van der Waals surface area contributed by atoms with E-state index in [1.54, 1.807) is 51.5 Å². The summed E-state index contributed by atoms with van der Waals surface area (Å²) in [7, 11) is 2.31. The lowest BCUT2D eigenvalue weighted by Gasteiger charge is -2.38. The summed E-state index contributed by atoms with van der Waals surface area (Å²) >= 11 is 0. The highest BCUT2D eigenvalue weighted by Gasteiger charge is 2.40. The molecule has 10 nitrogen and oxygen atoms in total. The van der Waals surface area contributed by atoms with Gasteiger partial charge < -0.3 is 24.2 Å². The number of amidine groups is 2. The number of furan rings is 1. The maximum Gasteiger partial charge on any atom is 0.367 e. The number of para-hydroxylation sites is 1. The first kappa shape index (κ1) is 26.3. The molecule has 0 radical (unpaired) electrons. The number of hydrogen-bond donors (Lipinski definition) is 1. The second kappa shape index (κ2) is 9.37. The van der Waals surface area contributed by atoms with E-state index in [0.717, 1.165) is 12.0 Å². The zero-order chi connectivity index (χ0) is 26.3. The van der Waals surface area contributed by atoms with Gasteiger partial charge in [-0.3, -0.25) is 4.79 Å². The molecule has 1 atom stereocenters. The van der Waals surface area contributed by atoms with Gasteiger partial charge in [-0.2, -0.15) is 8.42 Å². The Labute approximate surface area is 206 Å². The summed E-state index contributed by atoms with van der Waals surface area (Å²) in [6, 6.07) is 6.28. The molecule has 0 spiro atoms. The molecule has 1 N–H and O–H groups in total. The average molecular weight is 504 g/mol. The fourth-order valence-corrected chi connectivity index (χ4v) is 5.02. The first-order valence-corrected chi connectivity index (χ1v) is 12.6. The van der Waals surface area contributed by atoms with Gasteiger partial charge in [-0.25, -0.2) is 0 Å². The topological polar surface area (TPSA) is 119 Å². The highest BCUT2D eigenvalue weighted by molar-refractivity contribution is 7.89. The molecule has 0 saturated heterocycles. The largest absolute Gasteiger partial charge is 0.505 e. The van der Waals surface area contributed by atoms with E-state index in [4.69, 9.17) is 4.42 Å². The average Bonchev–Trinajstić information content (AvgIpc) is 3.35. The van der Waals surface area contributed by atoms with Crippen LogP contribution in [-0.2, 0) is 16.6 Å². The number of likely N-dealkylation sites (N-methyl/N-ethyl adjacent to an activating group) is 2. The van der Waals surface area contributed by atoms with Crippen LogP contribution < -0.4 is 4.90 Å². The highest BCUT2D eigenvalue weighted by atomic mass is 32.2. The standard InChI is InChI=1S/C24H33N5O5S/c1-9-15-13-18(34-14-15)20(24(2,3)4)29(8)22-21(25-35(32,33)26-22)28(7)17-12-10-11-16(19(17)30)23(31)27(5)6/h10-14,20,30H,9H2,1-8H3/t20-/m0/s1. The van der Waals surface area contributed by atoms with Gasteiger partial charge >= 0.3 is 10.2 Å². The van der Waals surface area contributed by atoms with Crippen molar-refractivity contribution in [1.29, 1.82) is 0 Å². The van der Waals surface area contributed by atoms with Crippen molar-refractivity contribution in [2.24, 2.45) is 14.2 Å². The van der Waals surface area contributed by atoms with Crippen molar-refractivity contribution in [2.45, 2.75) is 40.2 Å². The van der Waals surface area contributed by atoms with Crippen LogP contribution in [0, 0.1) is 5.41 Å². The van der Waals surface area contributed by atoms with Gasteiger partial charge in [-0.15, -0.1) is 8.80 Å². The first-order valence-electron chi connectivity index (χ1n) is 11.2. The van der Waals surface area contributed by atoms with E-state index in [9.17, 15) is 18.3 Å². The molecule has 0 unspecified atom stereocenters. The van der Waals surface area contributed by atoms with Crippen molar-refractivity contribution in [2.75, 3.05) is 33.1 Å². The molecule has 0 fully saturated rings. The number of nitrogens with zero attached hydrogens (tertiary/aromatic N) is 5. The number of anilines is 1. The summed E-state index contributed by atoms with van der Waals surface area (Å²) < 4.78 is 38.7. The summed E-state index contributed by atoms with van der Waals surface area (Å²) in [5, 5.41) is 10.9. The molecule has 11 heteroatoms. The number of amides is 1. The number of phenolic OH excluding ortho intramolecular Hbond substituents is 1. The van der Waals surface area contributed by atoms with Crippen molar-refractivity contribution >= 4 is 33.5 Å². The number of carbonyl (C=O) groups excluding carboxylic acids is 1. The molecular formula is C24H33N5O5S. The Kier molecular flexibility index (Phi) is 7.03. The van der Waals surface area contributed by atoms with Gasteiger partial charge in [0.05, 0.1) is 23.6 Å². The van der Waals surface area contributed by atoms with Crippen LogP contribution in [0.1, 0.15) is 55.4 Å². The van der Waals surface area contributed by atoms with Crippen LogP contribution in [0.4, 0.5) is 5.69 Å². The first-order chi connectivity index (χ1) is 16.2. The third-order valence-corrected chi connectivity index (χ3v) is 6.63. The number of hydrogen-bond acceptors (Lipinski definition) is 7. The predicted octanol–water partition coefficient (Wildman–Crippen LogP) is 3.46. The Bertz CT molecular complexity index is 1290. The molecule has 0 saturated carbocycles. The number of benzene rings is 1. The minimum absolute atomic E-state index is 0.0220. The Morgan fingerprint density at radius 3 is 2.29 bits per heavy atom. The molecule has 2 aromatic rings. The zero-order valence-corrected chi connectivity index (χ0v) is 22.2. The summed E-state index contributed by atoms with van der Waals surface area (Å²) in [5.41, 5.74) is 0.967. The van der Waals surface area contributed by atoms with E-state index >= 15 is 0 Å². The van der Waals surface area contributed by atoms with Crippen LogP contribution in [0.5, 0.6) is 5.75 Å². The second-order valence-corrected chi connectivity index (χ2v) is 11.1. The van der Waals surface area contributed by atoms with Crippen molar-refractivity contribution in [3.8, 4) is 5.75 Å². The fourth-order valence-electron chi connectivity index (χ4n) is 4.13. The lowest BCUT2D eigenvalue weighted by atomic mass is 9.84. The number of aromatic hydroxyl groups is 1. The van der Waals surface area contributed by atoms with Crippen LogP contribution in [0.3, 0.4) is 0 Å². The maximum absolute atomic E-state index is 12.5. The Morgan fingerprint density at radius 1 is 1.11 bits per heavy atom. The monoisotopic (exact) mass is 503 g/mol. The van der Waals surface area contributed by atoms with Crippen LogP contribution >= 0.6 is 0 Å². The minimum atomic E-state index is -4.15. The maximum atomic E-state index is 12.5. The smallest absolute Gasteiger partial charge is 0.367 e. The normalized spacial score (nSPS) is 15.9. The molecule has 1 aromatic carbocycles. The van der Waals surface area contributed by atoms with Crippen LogP contribution in [0.2, 0.25) is 0 Å². The zero-order valence-electron chi connectivity index (χ0n) is 21.4. The molecule has 190 valence electrons. The molecule has 0 aliphatic carbocycles. The molecule has 3 rings (SSSR count). The Morgan fingerprint density at radius 2 is 1.74 bits per heavy atom. The number of carbonyl (C=O) groups is 1. The lowest BCUT2D eigenvalue weighted by molar-refractivity contribution is 0.0824. The van der Waals surface area contributed by atoms with Crippen LogP contribution in [0.15, 0.2) is 43.7 Å². The van der Waals surface area contributed by atoms with E-state index < -0.39 is 10.2 Å². The molecule has 1 amide bonds. The number of aryl methyl sites for hydroxylation is 1. The van der Waals surface area contributed by atoms with E-state index in [1.165, 1.54) is 15.9 Å². The number of phenols is 1. The van der Waals surface area contributed by atoms with Gasteiger partial charge in [0.1, 0.15) is 5.76 Å². The van der Waals surface area contributed by atoms with E-state index in [-0.39, 0.29) is 46.0 Å². The lowest BCUT2D eigenvalue weighted by Crippen LogP contribution is -2.45. The third kappa shape index (κ3) is 5.19. The van der Waals surface area contributed by atoms with Crippen molar-refractivity contribution in [1.82, 2.24) is 9.80 Å². The molecule has 1 aromatic heterocycles. The predicted molar refractivity (Wildman–Crippen MR) is 136 cm³/mol. The quantitative estimate of drug-likeness (QED) is 0.664. The van der Waals surface area contributed by atoms with Gasteiger partial charge in [0.25, 0.3) is 5.91 Å². The number of rotatable bonds is 5. The van der Waals surface area contributed by atoms with E-state index in [1.807, 2.05) is 33.8 Å². The molecule has 0 bridgehead atoms. The van der Waals surface area contributed by atoms with Crippen LogP contribution in [0.25, 0.3) is 0 Å². The van der Waals surface area contributed by atoms with Gasteiger partial charge in [0, 0.05) is 28.2 Å². The van der Waals surface area contributed by atoms with Gasteiger partial charge in [-0.1, -0.05) is 33.8 Å². The Hall–Kier alpha value is -3.34. The molecule has 2 heterocycles. The van der Waals surface area contributed by atoms with Gasteiger partial charge in [0.2, 0.25) is 0 Å².